The van der Waals surface area contributed by atoms with E-state index in [1.165, 1.54) is 0 Å². The Morgan fingerprint density at radius 2 is 1.44 bits per heavy atom. The molecule has 0 aliphatic rings. The van der Waals surface area contributed by atoms with Crippen LogP contribution in [0, 0.1) is 6.92 Å². The summed E-state index contributed by atoms with van der Waals surface area (Å²) < 4.78 is 25.9. The standard InChI is InChI=1S/C20H20N2O2S/c1-16-11-13-19(14-12-16)25(23,24)20-10-6-5-7-17(20)15-21-22-18-8-3-2-4-9-18/h2-14,21-22H,15H2,1H3. The summed E-state index contributed by atoms with van der Waals surface area (Å²) >= 11 is 0. The molecule has 3 rings (SSSR count). The van der Waals surface area contributed by atoms with Crippen LogP contribution in [0.25, 0.3) is 0 Å². The van der Waals surface area contributed by atoms with E-state index in [9.17, 15) is 8.42 Å². The van der Waals surface area contributed by atoms with Gasteiger partial charge in [-0.1, -0.05) is 54.1 Å². The zero-order valence-electron chi connectivity index (χ0n) is 13.9. The summed E-state index contributed by atoms with van der Waals surface area (Å²) in [6.07, 6.45) is 0. The highest BCUT2D eigenvalue weighted by molar-refractivity contribution is 7.91. The van der Waals surface area contributed by atoms with Gasteiger partial charge in [-0.25, -0.2) is 13.8 Å². The SMILES string of the molecule is Cc1ccc(S(=O)(=O)c2ccccc2CNNc2ccccc2)cc1. The molecule has 0 saturated carbocycles. The molecule has 0 bridgehead atoms. The molecule has 4 nitrogen and oxygen atoms in total. The number of rotatable bonds is 6. The minimum atomic E-state index is -3.55. The molecule has 0 unspecified atom stereocenters. The molecule has 0 radical (unpaired) electrons. The average molecular weight is 352 g/mol. The number of hydrogen-bond donors (Lipinski definition) is 2. The van der Waals surface area contributed by atoms with Gasteiger partial charge in [0.2, 0.25) is 9.84 Å². The maximum Gasteiger partial charge on any atom is 0.206 e. The Balaban J connectivity index is 1.82. The van der Waals surface area contributed by atoms with E-state index in [1.807, 2.05) is 61.5 Å². The highest BCUT2D eigenvalue weighted by Crippen LogP contribution is 2.24. The summed E-state index contributed by atoms with van der Waals surface area (Å²) in [5.74, 6) is 0. The van der Waals surface area contributed by atoms with E-state index >= 15 is 0 Å². The molecule has 0 fully saturated rings. The molecule has 0 aromatic heterocycles. The molecule has 0 amide bonds. The number of sulfone groups is 1. The second-order valence-electron chi connectivity index (χ2n) is 5.77. The van der Waals surface area contributed by atoms with Crippen molar-refractivity contribution in [2.45, 2.75) is 23.3 Å². The fraction of sp³-hybridized carbons (Fsp3) is 0.100. The maximum absolute atomic E-state index is 13.0. The van der Waals surface area contributed by atoms with Crippen LogP contribution in [0.1, 0.15) is 11.1 Å². The topological polar surface area (TPSA) is 58.2 Å². The van der Waals surface area contributed by atoms with E-state index in [1.54, 1.807) is 24.3 Å². The lowest BCUT2D eigenvalue weighted by Crippen LogP contribution is -2.22. The van der Waals surface area contributed by atoms with E-state index in [0.29, 0.717) is 21.9 Å². The van der Waals surface area contributed by atoms with Gasteiger partial charge in [-0.3, -0.25) is 0 Å². The van der Waals surface area contributed by atoms with Crippen LogP contribution in [0.5, 0.6) is 0 Å². The first-order valence-electron chi connectivity index (χ1n) is 8.01. The number of para-hydroxylation sites is 1. The molecule has 0 spiro atoms. The highest BCUT2D eigenvalue weighted by Gasteiger charge is 2.20. The molecular formula is C20H20N2O2S. The van der Waals surface area contributed by atoms with Crippen LogP contribution in [-0.4, -0.2) is 8.42 Å². The van der Waals surface area contributed by atoms with Crippen LogP contribution >= 0.6 is 0 Å². The van der Waals surface area contributed by atoms with Gasteiger partial charge in [-0.15, -0.1) is 0 Å². The van der Waals surface area contributed by atoms with Gasteiger partial charge in [0.05, 0.1) is 9.79 Å². The van der Waals surface area contributed by atoms with Crippen molar-refractivity contribution in [3.63, 3.8) is 0 Å². The first kappa shape index (κ1) is 17.2. The predicted octanol–water partition coefficient (Wildman–Crippen LogP) is 3.94. The van der Waals surface area contributed by atoms with Crippen LogP contribution in [0.3, 0.4) is 0 Å². The number of hydrazine groups is 1. The van der Waals surface area contributed by atoms with Crippen molar-refractivity contribution >= 4 is 15.5 Å². The van der Waals surface area contributed by atoms with E-state index < -0.39 is 9.84 Å². The van der Waals surface area contributed by atoms with Gasteiger partial charge in [0.25, 0.3) is 0 Å². The van der Waals surface area contributed by atoms with Gasteiger partial charge in [-0.2, -0.15) is 0 Å². The minimum absolute atomic E-state index is 0.307. The third-order valence-electron chi connectivity index (χ3n) is 3.88. The van der Waals surface area contributed by atoms with Crippen LogP contribution in [-0.2, 0) is 16.4 Å². The van der Waals surface area contributed by atoms with Gasteiger partial charge in [0.15, 0.2) is 0 Å². The normalized spacial score (nSPS) is 11.2. The van der Waals surface area contributed by atoms with Gasteiger partial charge < -0.3 is 5.43 Å². The van der Waals surface area contributed by atoms with Crippen molar-refractivity contribution in [3.05, 3.63) is 90.0 Å². The summed E-state index contributed by atoms with van der Waals surface area (Å²) in [4.78, 5) is 0.628. The first-order chi connectivity index (χ1) is 12.1. The molecule has 5 heteroatoms. The van der Waals surface area contributed by atoms with Crippen LogP contribution < -0.4 is 10.9 Å². The fourth-order valence-electron chi connectivity index (χ4n) is 2.52. The Bertz CT molecular complexity index is 937. The summed E-state index contributed by atoms with van der Waals surface area (Å²) in [5.41, 5.74) is 8.81. The second kappa shape index (κ2) is 7.51. The summed E-state index contributed by atoms with van der Waals surface area (Å²) in [6.45, 7) is 2.32. The zero-order valence-corrected chi connectivity index (χ0v) is 14.8. The summed E-state index contributed by atoms with van der Waals surface area (Å²) in [5, 5.41) is 0. The Morgan fingerprint density at radius 1 is 0.800 bits per heavy atom. The molecule has 25 heavy (non-hydrogen) atoms. The molecule has 0 saturated heterocycles. The number of aryl methyl sites for hydroxylation is 1. The van der Waals surface area contributed by atoms with Gasteiger partial charge >= 0.3 is 0 Å². The van der Waals surface area contributed by atoms with Crippen molar-refractivity contribution in [2.75, 3.05) is 5.43 Å². The molecule has 0 heterocycles. The molecule has 128 valence electrons. The predicted molar refractivity (Wildman–Crippen MR) is 100.0 cm³/mol. The number of nitrogens with one attached hydrogen (secondary N) is 2. The van der Waals surface area contributed by atoms with Crippen molar-refractivity contribution in [3.8, 4) is 0 Å². The lowest BCUT2D eigenvalue weighted by molar-refractivity contribution is 0.594. The lowest BCUT2D eigenvalue weighted by atomic mass is 10.2. The molecule has 0 aliphatic heterocycles. The average Bonchev–Trinajstić information content (AvgIpc) is 2.63. The number of anilines is 1. The van der Waals surface area contributed by atoms with Gasteiger partial charge in [0, 0.05) is 12.2 Å². The molecule has 0 aliphatic carbocycles. The Kier molecular flexibility index (Phi) is 5.16. The van der Waals surface area contributed by atoms with E-state index in [0.717, 1.165) is 11.3 Å². The van der Waals surface area contributed by atoms with Crippen molar-refractivity contribution in [2.24, 2.45) is 0 Å². The smallest absolute Gasteiger partial charge is 0.206 e. The Morgan fingerprint density at radius 3 is 2.16 bits per heavy atom. The van der Waals surface area contributed by atoms with Crippen LogP contribution in [0.4, 0.5) is 5.69 Å². The third kappa shape index (κ3) is 4.07. The van der Waals surface area contributed by atoms with Crippen molar-refractivity contribution in [1.82, 2.24) is 5.43 Å². The number of hydrogen-bond acceptors (Lipinski definition) is 4. The van der Waals surface area contributed by atoms with Gasteiger partial charge in [0.1, 0.15) is 0 Å². The second-order valence-corrected chi connectivity index (χ2v) is 7.69. The summed E-state index contributed by atoms with van der Waals surface area (Å²) in [6, 6.07) is 23.6. The van der Waals surface area contributed by atoms with Gasteiger partial charge in [-0.05, 0) is 42.8 Å². The van der Waals surface area contributed by atoms with Crippen molar-refractivity contribution < 1.29 is 8.42 Å². The first-order valence-corrected chi connectivity index (χ1v) is 9.49. The number of benzene rings is 3. The van der Waals surface area contributed by atoms with E-state index in [-0.39, 0.29) is 0 Å². The van der Waals surface area contributed by atoms with E-state index in [2.05, 4.69) is 10.9 Å². The van der Waals surface area contributed by atoms with Crippen molar-refractivity contribution in [1.29, 1.82) is 0 Å². The molecule has 2 N–H and O–H groups in total. The quantitative estimate of drug-likeness (QED) is 0.660. The fourth-order valence-corrected chi connectivity index (χ4v) is 4.01. The largest absolute Gasteiger partial charge is 0.321 e. The maximum atomic E-state index is 13.0. The molecule has 3 aromatic carbocycles. The molecule has 0 atom stereocenters. The Hall–Kier alpha value is -2.63. The highest BCUT2D eigenvalue weighted by atomic mass is 32.2. The zero-order chi connectivity index (χ0) is 17.7. The lowest BCUT2D eigenvalue weighted by Gasteiger charge is -2.13. The monoisotopic (exact) mass is 352 g/mol. The Labute approximate surface area is 148 Å². The van der Waals surface area contributed by atoms with Crippen LogP contribution in [0.2, 0.25) is 0 Å². The molecule has 3 aromatic rings. The van der Waals surface area contributed by atoms with E-state index in [4.69, 9.17) is 0 Å². The van der Waals surface area contributed by atoms with Crippen LogP contribution in [0.15, 0.2) is 88.7 Å². The third-order valence-corrected chi connectivity index (χ3v) is 5.75. The minimum Gasteiger partial charge on any atom is -0.321 e. The summed E-state index contributed by atoms with van der Waals surface area (Å²) in [7, 11) is -3.55. The molecular weight excluding hydrogens is 332 g/mol.